The Hall–Kier alpha value is -1.96. The van der Waals surface area contributed by atoms with Gasteiger partial charge in [0.25, 0.3) is 0 Å². The Morgan fingerprint density at radius 2 is 2.03 bits per heavy atom. The molecule has 1 N–H and O–H groups in total. The molecule has 0 radical (unpaired) electrons. The van der Waals surface area contributed by atoms with Crippen LogP contribution in [0.25, 0.3) is 0 Å². The van der Waals surface area contributed by atoms with E-state index in [0.717, 1.165) is 59.0 Å². The molecule has 0 bridgehead atoms. The fourth-order valence-corrected chi connectivity index (χ4v) is 4.86. The highest BCUT2D eigenvalue weighted by Gasteiger charge is 2.32. The van der Waals surface area contributed by atoms with Crippen molar-refractivity contribution in [1.29, 1.82) is 0 Å². The summed E-state index contributed by atoms with van der Waals surface area (Å²) >= 11 is 1.74. The molecule has 2 atom stereocenters. The summed E-state index contributed by atoms with van der Waals surface area (Å²) in [6.45, 7) is 9.42. The van der Waals surface area contributed by atoms with Gasteiger partial charge in [-0.1, -0.05) is 26.0 Å². The van der Waals surface area contributed by atoms with Gasteiger partial charge in [-0.2, -0.15) is 0 Å². The molecule has 2 aromatic rings. The molecule has 0 spiro atoms. The average molecular weight is 414 g/mol. The lowest BCUT2D eigenvalue weighted by Gasteiger charge is -2.41. The van der Waals surface area contributed by atoms with Crippen LogP contribution in [0.3, 0.4) is 0 Å². The van der Waals surface area contributed by atoms with Crippen LogP contribution in [-0.2, 0) is 4.74 Å². The van der Waals surface area contributed by atoms with E-state index in [0.29, 0.717) is 12.0 Å². The summed E-state index contributed by atoms with van der Waals surface area (Å²) in [5.74, 6) is 1.39. The van der Waals surface area contributed by atoms with Crippen LogP contribution in [0.5, 0.6) is 0 Å². The van der Waals surface area contributed by atoms with Gasteiger partial charge in [0.05, 0.1) is 22.5 Å². The van der Waals surface area contributed by atoms with E-state index in [9.17, 15) is 0 Å². The zero-order valence-electron chi connectivity index (χ0n) is 18.0. The second-order valence-electron chi connectivity index (χ2n) is 8.32. The molecule has 7 heteroatoms. The molecule has 156 valence electrons. The fourth-order valence-electron chi connectivity index (χ4n) is 3.88. The third-order valence-electron chi connectivity index (χ3n) is 5.81. The Labute approximate surface area is 177 Å². The second kappa shape index (κ2) is 8.42. The lowest BCUT2D eigenvalue weighted by molar-refractivity contribution is 0.0564. The van der Waals surface area contributed by atoms with Crippen molar-refractivity contribution in [3.63, 3.8) is 0 Å². The minimum atomic E-state index is 0.239. The number of piperazine rings is 1. The number of amidine groups is 1. The monoisotopic (exact) mass is 413 g/mol. The summed E-state index contributed by atoms with van der Waals surface area (Å²) in [4.78, 5) is 15.0. The third kappa shape index (κ3) is 4.17. The number of anilines is 2. The predicted octanol–water partition coefficient (Wildman–Crippen LogP) is 4.44. The number of thiazole rings is 1. The highest BCUT2D eigenvalue weighted by molar-refractivity contribution is 7.16. The van der Waals surface area contributed by atoms with E-state index in [1.165, 1.54) is 0 Å². The van der Waals surface area contributed by atoms with Crippen LogP contribution in [-0.4, -0.2) is 66.6 Å². The maximum Gasteiger partial charge on any atom is 0.158 e. The van der Waals surface area contributed by atoms with Gasteiger partial charge in [0, 0.05) is 38.7 Å². The summed E-state index contributed by atoms with van der Waals surface area (Å²) in [6.07, 6.45) is 1.25. The van der Waals surface area contributed by atoms with Crippen molar-refractivity contribution < 1.29 is 4.74 Å². The topological polar surface area (TPSA) is 53.0 Å². The van der Waals surface area contributed by atoms with Crippen LogP contribution in [0.15, 0.2) is 29.3 Å². The molecular weight excluding hydrogens is 382 g/mol. The van der Waals surface area contributed by atoms with Crippen LogP contribution < -0.4 is 5.32 Å². The highest BCUT2D eigenvalue weighted by atomic mass is 32.1. The number of aromatic nitrogens is 1. The van der Waals surface area contributed by atoms with Crippen molar-refractivity contribution in [1.82, 2.24) is 14.8 Å². The number of likely N-dealkylation sites (N-methyl/N-ethyl adjacent to an activating group) is 1. The number of methoxy groups -OCH3 is 1. The first kappa shape index (κ1) is 20.3. The van der Waals surface area contributed by atoms with Gasteiger partial charge in [-0.05, 0) is 32.5 Å². The highest BCUT2D eigenvalue weighted by Crippen LogP contribution is 2.39. The summed E-state index contributed by atoms with van der Waals surface area (Å²) in [5, 5.41) is 5.84. The average Bonchev–Trinajstić information content (AvgIpc) is 3.06. The zero-order chi connectivity index (χ0) is 20.5. The number of benzene rings is 1. The van der Waals surface area contributed by atoms with Gasteiger partial charge in [-0.15, -0.1) is 11.3 Å². The van der Waals surface area contributed by atoms with Gasteiger partial charge in [-0.25, -0.2) is 9.98 Å². The quantitative estimate of drug-likeness (QED) is 0.803. The Morgan fingerprint density at radius 3 is 2.79 bits per heavy atom. The molecule has 0 unspecified atom stereocenters. The summed E-state index contributed by atoms with van der Waals surface area (Å²) in [7, 11) is 4.00. The number of fused-ring (bicyclic) bond motifs is 2. The maximum absolute atomic E-state index is 5.54. The Balaban J connectivity index is 1.72. The maximum atomic E-state index is 5.54. The SMILES string of the molecule is CO[C@@H](C)C[C@H]1CN(C2=Nc3ccccc3Nc3sc(C(C)C)nc32)CCN1C. The normalized spacial score (nSPS) is 20.6. The molecule has 2 aliphatic rings. The molecule has 4 rings (SSSR count). The Kier molecular flexibility index (Phi) is 5.90. The van der Waals surface area contributed by atoms with Gasteiger partial charge in [0.2, 0.25) is 0 Å². The molecular formula is C22H31N5OS. The summed E-state index contributed by atoms with van der Waals surface area (Å²) in [6, 6.07) is 8.69. The van der Waals surface area contributed by atoms with E-state index in [4.69, 9.17) is 14.7 Å². The van der Waals surface area contributed by atoms with E-state index in [1.807, 2.05) is 6.07 Å². The van der Waals surface area contributed by atoms with Gasteiger partial charge in [0.15, 0.2) is 5.84 Å². The first-order valence-electron chi connectivity index (χ1n) is 10.4. The second-order valence-corrected chi connectivity index (χ2v) is 9.36. The molecule has 0 saturated carbocycles. The van der Waals surface area contributed by atoms with Crippen molar-refractivity contribution >= 4 is 33.5 Å². The van der Waals surface area contributed by atoms with E-state index in [2.05, 4.69) is 61.1 Å². The number of nitrogens with one attached hydrogen (secondary N) is 1. The van der Waals surface area contributed by atoms with Gasteiger partial charge < -0.3 is 15.0 Å². The van der Waals surface area contributed by atoms with Crippen molar-refractivity contribution in [2.75, 3.05) is 39.1 Å². The van der Waals surface area contributed by atoms with E-state index < -0.39 is 0 Å². The molecule has 29 heavy (non-hydrogen) atoms. The van der Waals surface area contributed by atoms with E-state index >= 15 is 0 Å². The number of hydrogen-bond acceptors (Lipinski definition) is 7. The zero-order valence-corrected chi connectivity index (χ0v) is 18.8. The standard InChI is InChI=1S/C22H31N5OS/c1-14(2)21-25-19-20(23-17-8-6-7-9-18(17)24-22(19)29-21)27-11-10-26(4)16(13-27)12-15(3)28-5/h6-9,14-16,24H,10-13H2,1-5H3/t15-,16-/m0/s1. The number of ether oxygens (including phenoxy) is 1. The van der Waals surface area contributed by atoms with Crippen molar-refractivity contribution in [2.45, 2.75) is 45.3 Å². The number of nitrogens with zero attached hydrogens (tertiary/aromatic N) is 4. The van der Waals surface area contributed by atoms with Gasteiger partial charge >= 0.3 is 0 Å². The Bertz CT molecular complexity index is 893. The molecule has 6 nitrogen and oxygen atoms in total. The number of para-hydroxylation sites is 2. The van der Waals surface area contributed by atoms with Crippen LogP contribution in [0.1, 0.15) is 43.8 Å². The van der Waals surface area contributed by atoms with Crippen molar-refractivity contribution in [2.24, 2.45) is 4.99 Å². The predicted molar refractivity (Wildman–Crippen MR) is 121 cm³/mol. The van der Waals surface area contributed by atoms with E-state index in [1.54, 1.807) is 18.4 Å². The van der Waals surface area contributed by atoms with Crippen molar-refractivity contribution in [3.8, 4) is 0 Å². The van der Waals surface area contributed by atoms with Crippen LogP contribution in [0.4, 0.5) is 16.4 Å². The third-order valence-corrected chi connectivity index (χ3v) is 7.08. The first-order chi connectivity index (χ1) is 14.0. The molecule has 2 aliphatic heterocycles. The van der Waals surface area contributed by atoms with Crippen LogP contribution >= 0.6 is 11.3 Å². The number of aliphatic imine (C=N–C) groups is 1. The van der Waals surface area contributed by atoms with Crippen LogP contribution in [0.2, 0.25) is 0 Å². The minimum absolute atomic E-state index is 0.239. The molecule has 0 aliphatic carbocycles. The molecule has 0 amide bonds. The lowest BCUT2D eigenvalue weighted by atomic mass is 10.1. The first-order valence-corrected chi connectivity index (χ1v) is 11.2. The summed E-state index contributed by atoms with van der Waals surface area (Å²) < 4.78 is 5.54. The summed E-state index contributed by atoms with van der Waals surface area (Å²) in [5.41, 5.74) is 3.00. The van der Waals surface area contributed by atoms with Gasteiger partial charge in [0.1, 0.15) is 10.7 Å². The fraction of sp³-hybridized carbons (Fsp3) is 0.545. The minimum Gasteiger partial charge on any atom is -0.382 e. The molecule has 1 aromatic heterocycles. The number of hydrogen-bond donors (Lipinski definition) is 1. The lowest BCUT2D eigenvalue weighted by Crippen LogP contribution is -2.54. The van der Waals surface area contributed by atoms with Gasteiger partial charge in [-0.3, -0.25) is 4.90 Å². The molecule has 1 fully saturated rings. The van der Waals surface area contributed by atoms with E-state index in [-0.39, 0.29) is 6.10 Å². The molecule has 1 saturated heterocycles. The largest absolute Gasteiger partial charge is 0.382 e. The van der Waals surface area contributed by atoms with Crippen molar-refractivity contribution in [3.05, 3.63) is 35.0 Å². The molecule has 1 aromatic carbocycles. The molecule has 3 heterocycles. The van der Waals surface area contributed by atoms with Crippen LogP contribution in [0, 0.1) is 0 Å². The smallest absolute Gasteiger partial charge is 0.158 e. The number of rotatable bonds is 4. The Morgan fingerprint density at radius 1 is 1.24 bits per heavy atom.